The van der Waals surface area contributed by atoms with Gasteiger partial charge in [-0.25, -0.2) is 0 Å². The summed E-state index contributed by atoms with van der Waals surface area (Å²) in [7, 11) is 0. The van der Waals surface area contributed by atoms with E-state index in [1.165, 1.54) is 0 Å². The van der Waals surface area contributed by atoms with E-state index >= 15 is 0 Å². The highest BCUT2D eigenvalue weighted by Crippen LogP contribution is 2.09. The van der Waals surface area contributed by atoms with Gasteiger partial charge in [0.25, 0.3) is 5.91 Å². The quantitative estimate of drug-likeness (QED) is 0.847. The third kappa shape index (κ3) is 4.97. The van der Waals surface area contributed by atoms with Crippen LogP contribution in [-0.2, 0) is 0 Å². The third-order valence-electron chi connectivity index (χ3n) is 3.30. The first-order chi connectivity index (χ1) is 9.66. The minimum absolute atomic E-state index is 0.166. The molecule has 0 aliphatic carbocycles. The van der Waals surface area contributed by atoms with E-state index in [0.29, 0.717) is 5.92 Å². The summed E-state index contributed by atoms with van der Waals surface area (Å²) in [5.41, 5.74) is 0.801. The van der Waals surface area contributed by atoms with Gasteiger partial charge in [-0.1, -0.05) is 45.9 Å². The van der Waals surface area contributed by atoms with Crippen molar-refractivity contribution < 1.29 is 4.79 Å². The van der Waals surface area contributed by atoms with Gasteiger partial charge in [-0.05, 0) is 18.1 Å². The number of benzene rings is 1. The van der Waals surface area contributed by atoms with Gasteiger partial charge in [-0.3, -0.25) is 9.69 Å². The van der Waals surface area contributed by atoms with Crippen LogP contribution in [-0.4, -0.2) is 48.4 Å². The molecule has 1 amide bonds. The Kier molecular flexibility index (Phi) is 7.31. The molecule has 0 unspecified atom stereocenters. The standard InChI is InChI=1S/C15H22N2O.C2H6/c1-13(2)12-16-8-10-17(11-9-16)15(18)14-6-4-3-5-7-14;1-2/h3-7,13H,8-12H2,1-2H3;1-2H3. The first-order valence-corrected chi connectivity index (χ1v) is 7.73. The Morgan fingerprint density at radius 1 is 1.05 bits per heavy atom. The molecule has 3 heteroatoms. The molecule has 1 aliphatic heterocycles. The van der Waals surface area contributed by atoms with Crippen molar-refractivity contribution in [2.75, 3.05) is 32.7 Å². The maximum atomic E-state index is 12.2. The maximum absolute atomic E-state index is 12.2. The fraction of sp³-hybridized carbons (Fsp3) is 0.588. The number of carbonyl (C=O) groups is 1. The van der Waals surface area contributed by atoms with E-state index in [2.05, 4.69) is 18.7 Å². The molecule has 0 saturated carbocycles. The Balaban J connectivity index is 0.000000956. The lowest BCUT2D eigenvalue weighted by molar-refractivity contribution is 0.0624. The van der Waals surface area contributed by atoms with Gasteiger partial charge in [-0.15, -0.1) is 0 Å². The Bertz CT molecular complexity index is 381. The van der Waals surface area contributed by atoms with E-state index in [0.717, 1.165) is 38.3 Å². The van der Waals surface area contributed by atoms with E-state index in [1.807, 2.05) is 49.1 Å². The first-order valence-electron chi connectivity index (χ1n) is 7.73. The van der Waals surface area contributed by atoms with Crippen LogP contribution in [0.15, 0.2) is 30.3 Å². The maximum Gasteiger partial charge on any atom is 0.253 e. The molecule has 1 aromatic rings. The third-order valence-corrected chi connectivity index (χ3v) is 3.30. The van der Waals surface area contributed by atoms with Gasteiger partial charge in [0.15, 0.2) is 0 Å². The molecule has 20 heavy (non-hydrogen) atoms. The lowest BCUT2D eigenvalue weighted by atomic mass is 10.1. The molecule has 1 aliphatic rings. The number of carbonyl (C=O) groups excluding carboxylic acids is 1. The highest BCUT2D eigenvalue weighted by atomic mass is 16.2. The van der Waals surface area contributed by atoms with Crippen LogP contribution in [0.5, 0.6) is 0 Å². The minimum Gasteiger partial charge on any atom is -0.336 e. The Morgan fingerprint density at radius 3 is 2.10 bits per heavy atom. The summed E-state index contributed by atoms with van der Waals surface area (Å²) < 4.78 is 0. The predicted octanol–water partition coefficient (Wildman–Crippen LogP) is 3.13. The van der Waals surface area contributed by atoms with Gasteiger partial charge < -0.3 is 4.90 Å². The molecular weight excluding hydrogens is 248 g/mol. The normalized spacial score (nSPS) is 15.8. The summed E-state index contributed by atoms with van der Waals surface area (Å²) in [5.74, 6) is 0.862. The fourth-order valence-corrected chi connectivity index (χ4v) is 2.41. The first kappa shape index (κ1) is 16.7. The van der Waals surface area contributed by atoms with E-state index < -0.39 is 0 Å². The van der Waals surface area contributed by atoms with Crippen LogP contribution in [0.25, 0.3) is 0 Å². The molecule has 112 valence electrons. The number of nitrogens with zero attached hydrogens (tertiary/aromatic N) is 2. The van der Waals surface area contributed by atoms with Crippen LogP contribution < -0.4 is 0 Å². The largest absolute Gasteiger partial charge is 0.336 e. The molecule has 1 heterocycles. The van der Waals surface area contributed by atoms with E-state index in [1.54, 1.807) is 0 Å². The summed E-state index contributed by atoms with van der Waals surface area (Å²) in [5, 5.41) is 0. The molecule has 1 saturated heterocycles. The van der Waals surface area contributed by atoms with Crippen LogP contribution >= 0.6 is 0 Å². The summed E-state index contributed by atoms with van der Waals surface area (Å²) in [6.45, 7) is 13.3. The molecule has 3 nitrogen and oxygen atoms in total. The van der Waals surface area contributed by atoms with Crippen molar-refractivity contribution in [3.05, 3.63) is 35.9 Å². The fourth-order valence-electron chi connectivity index (χ4n) is 2.41. The second-order valence-corrected chi connectivity index (χ2v) is 5.35. The summed E-state index contributed by atoms with van der Waals surface area (Å²) in [6, 6.07) is 9.56. The second kappa shape index (κ2) is 8.75. The number of hydrogen-bond donors (Lipinski definition) is 0. The van der Waals surface area contributed by atoms with Crippen molar-refractivity contribution in [1.29, 1.82) is 0 Å². The van der Waals surface area contributed by atoms with Crippen molar-refractivity contribution in [2.45, 2.75) is 27.7 Å². The molecule has 0 radical (unpaired) electrons. The average molecular weight is 276 g/mol. The zero-order valence-electron chi connectivity index (χ0n) is 13.3. The van der Waals surface area contributed by atoms with Crippen LogP contribution in [0.3, 0.4) is 0 Å². The summed E-state index contributed by atoms with van der Waals surface area (Å²) >= 11 is 0. The van der Waals surface area contributed by atoms with Gasteiger partial charge in [-0.2, -0.15) is 0 Å². The summed E-state index contributed by atoms with van der Waals surface area (Å²) in [6.07, 6.45) is 0. The van der Waals surface area contributed by atoms with Gasteiger partial charge in [0.05, 0.1) is 0 Å². The topological polar surface area (TPSA) is 23.6 Å². The predicted molar refractivity (Wildman–Crippen MR) is 85.0 cm³/mol. The van der Waals surface area contributed by atoms with Crippen LogP contribution in [0, 0.1) is 5.92 Å². The highest BCUT2D eigenvalue weighted by molar-refractivity contribution is 5.94. The van der Waals surface area contributed by atoms with Gasteiger partial charge in [0.2, 0.25) is 0 Å². The van der Waals surface area contributed by atoms with Gasteiger partial charge >= 0.3 is 0 Å². The van der Waals surface area contributed by atoms with E-state index in [-0.39, 0.29) is 5.91 Å². The smallest absolute Gasteiger partial charge is 0.253 e. The molecular formula is C17H28N2O. The van der Waals surface area contributed by atoms with Gasteiger partial charge in [0, 0.05) is 38.3 Å². The van der Waals surface area contributed by atoms with Crippen LogP contribution in [0.4, 0.5) is 0 Å². The van der Waals surface area contributed by atoms with Crippen LogP contribution in [0.1, 0.15) is 38.1 Å². The molecule has 0 bridgehead atoms. The number of hydrogen-bond acceptors (Lipinski definition) is 2. The molecule has 0 aromatic heterocycles. The van der Waals surface area contributed by atoms with Gasteiger partial charge in [0.1, 0.15) is 0 Å². The molecule has 1 fully saturated rings. The molecule has 0 spiro atoms. The Hall–Kier alpha value is -1.35. The lowest BCUT2D eigenvalue weighted by Gasteiger charge is -2.35. The van der Waals surface area contributed by atoms with Crippen LogP contribution in [0.2, 0.25) is 0 Å². The van der Waals surface area contributed by atoms with Crippen molar-refractivity contribution in [3.8, 4) is 0 Å². The van der Waals surface area contributed by atoms with Crippen molar-refractivity contribution >= 4 is 5.91 Å². The number of piperazine rings is 1. The molecule has 1 aromatic carbocycles. The van der Waals surface area contributed by atoms with Crippen molar-refractivity contribution in [1.82, 2.24) is 9.80 Å². The number of rotatable bonds is 3. The van der Waals surface area contributed by atoms with Crippen molar-refractivity contribution in [2.24, 2.45) is 5.92 Å². The van der Waals surface area contributed by atoms with E-state index in [9.17, 15) is 4.79 Å². The zero-order chi connectivity index (χ0) is 15.0. The zero-order valence-corrected chi connectivity index (χ0v) is 13.3. The molecule has 0 N–H and O–H groups in total. The summed E-state index contributed by atoms with van der Waals surface area (Å²) in [4.78, 5) is 16.6. The Labute approximate surface area is 123 Å². The second-order valence-electron chi connectivity index (χ2n) is 5.35. The Morgan fingerprint density at radius 2 is 1.60 bits per heavy atom. The lowest BCUT2D eigenvalue weighted by Crippen LogP contribution is -2.49. The average Bonchev–Trinajstić information content (AvgIpc) is 2.50. The van der Waals surface area contributed by atoms with E-state index in [4.69, 9.17) is 0 Å². The van der Waals surface area contributed by atoms with Crippen molar-refractivity contribution in [3.63, 3.8) is 0 Å². The minimum atomic E-state index is 0.166. The molecule has 2 rings (SSSR count). The SMILES string of the molecule is CC.CC(C)CN1CCN(C(=O)c2ccccc2)CC1. The number of amides is 1. The monoisotopic (exact) mass is 276 g/mol. The highest BCUT2D eigenvalue weighted by Gasteiger charge is 2.21. The molecule has 0 atom stereocenters.